The zero-order valence-corrected chi connectivity index (χ0v) is 19.7. The zero-order valence-electron chi connectivity index (χ0n) is 18.1. The summed E-state index contributed by atoms with van der Waals surface area (Å²) in [7, 11) is -2.40. The standard InChI is InChI=1S/C22H23ClN4O5S/c1-14-24-21(26-32-14)15-8-9-19(23)20(11-15)33(29,30)27-10-4-5-16(13-27)22(28)25-17-6-3-7-18(12-17)31-2/h3,6-9,11-12,16H,4-5,10,13H2,1-2H3,(H,25,28)/t16-/m1/s1. The summed E-state index contributed by atoms with van der Waals surface area (Å²) >= 11 is 6.27. The molecule has 11 heteroatoms. The van der Waals surface area contributed by atoms with E-state index in [2.05, 4.69) is 15.5 Å². The van der Waals surface area contributed by atoms with Crippen molar-refractivity contribution in [2.24, 2.45) is 5.92 Å². The first-order valence-corrected chi connectivity index (χ1v) is 12.1. The van der Waals surface area contributed by atoms with Crippen LogP contribution in [0.1, 0.15) is 18.7 Å². The molecule has 1 amide bonds. The van der Waals surface area contributed by atoms with E-state index < -0.39 is 15.9 Å². The van der Waals surface area contributed by atoms with Gasteiger partial charge in [0, 0.05) is 37.3 Å². The summed E-state index contributed by atoms with van der Waals surface area (Å²) in [5.74, 6) is 0.513. The first kappa shape index (κ1) is 23.2. The van der Waals surface area contributed by atoms with Gasteiger partial charge < -0.3 is 14.6 Å². The Morgan fingerprint density at radius 1 is 1.27 bits per heavy atom. The Labute approximate surface area is 196 Å². The van der Waals surface area contributed by atoms with Crippen molar-refractivity contribution < 1.29 is 22.5 Å². The third-order valence-electron chi connectivity index (χ3n) is 5.43. The Bertz CT molecular complexity index is 1280. The Morgan fingerprint density at radius 3 is 2.82 bits per heavy atom. The van der Waals surface area contributed by atoms with Gasteiger partial charge in [-0.05, 0) is 43.2 Å². The number of carbonyl (C=O) groups is 1. The van der Waals surface area contributed by atoms with Crippen LogP contribution in [0, 0.1) is 12.8 Å². The number of halogens is 1. The maximum atomic E-state index is 13.4. The fraction of sp³-hybridized carbons (Fsp3) is 0.318. The van der Waals surface area contributed by atoms with E-state index in [-0.39, 0.29) is 28.2 Å². The lowest BCUT2D eigenvalue weighted by Gasteiger charge is -2.31. The summed E-state index contributed by atoms with van der Waals surface area (Å²) in [5.41, 5.74) is 1.06. The molecule has 1 aliphatic heterocycles. The van der Waals surface area contributed by atoms with Gasteiger partial charge in [-0.15, -0.1) is 0 Å². The van der Waals surface area contributed by atoms with E-state index in [9.17, 15) is 13.2 Å². The number of nitrogens with one attached hydrogen (secondary N) is 1. The zero-order chi connectivity index (χ0) is 23.6. The smallest absolute Gasteiger partial charge is 0.244 e. The quantitative estimate of drug-likeness (QED) is 0.559. The molecule has 0 saturated carbocycles. The van der Waals surface area contributed by atoms with Crippen molar-refractivity contribution >= 4 is 33.2 Å². The largest absolute Gasteiger partial charge is 0.497 e. The van der Waals surface area contributed by atoms with Gasteiger partial charge in [0.05, 0.1) is 18.1 Å². The minimum Gasteiger partial charge on any atom is -0.497 e. The number of hydrogen-bond donors (Lipinski definition) is 1. The summed E-state index contributed by atoms with van der Waals surface area (Å²) in [6.07, 6.45) is 1.13. The van der Waals surface area contributed by atoms with Gasteiger partial charge in [-0.2, -0.15) is 9.29 Å². The normalized spacial score (nSPS) is 17.0. The number of piperidine rings is 1. The second kappa shape index (κ2) is 9.50. The second-order valence-electron chi connectivity index (χ2n) is 7.71. The van der Waals surface area contributed by atoms with E-state index >= 15 is 0 Å². The molecule has 1 atom stereocenters. The van der Waals surface area contributed by atoms with Gasteiger partial charge in [-0.1, -0.05) is 22.8 Å². The van der Waals surface area contributed by atoms with Crippen LogP contribution in [0.2, 0.25) is 5.02 Å². The Morgan fingerprint density at radius 2 is 2.09 bits per heavy atom. The molecule has 0 bridgehead atoms. The van der Waals surface area contributed by atoms with Crippen LogP contribution in [0.15, 0.2) is 51.9 Å². The predicted molar refractivity (Wildman–Crippen MR) is 123 cm³/mol. The van der Waals surface area contributed by atoms with Gasteiger partial charge in [-0.3, -0.25) is 4.79 Å². The van der Waals surface area contributed by atoms with Crippen molar-refractivity contribution in [1.29, 1.82) is 0 Å². The van der Waals surface area contributed by atoms with Crippen LogP contribution < -0.4 is 10.1 Å². The van der Waals surface area contributed by atoms with Crippen molar-refractivity contribution in [3.8, 4) is 17.1 Å². The van der Waals surface area contributed by atoms with Gasteiger partial charge in [0.25, 0.3) is 0 Å². The second-order valence-corrected chi connectivity index (χ2v) is 10.0. The Kier molecular flexibility index (Phi) is 6.68. The molecule has 0 spiro atoms. The molecule has 2 aromatic carbocycles. The van der Waals surface area contributed by atoms with Gasteiger partial charge in [0.1, 0.15) is 10.6 Å². The van der Waals surface area contributed by atoms with Gasteiger partial charge >= 0.3 is 0 Å². The predicted octanol–water partition coefficient (Wildman–Crippen LogP) is 3.75. The third kappa shape index (κ3) is 5.02. The van der Waals surface area contributed by atoms with Crippen LogP contribution in [-0.4, -0.2) is 49.0 Å². The van der Waals surface area contributed by atoms with Crippen molar-refractivity contribution in [2.75, 3.05) is 25.5 Å². The number of methoxy groups -OCH3 is 1. The number of sulfonamides is 1. The van der Waals surface area contributed by atoms with E-state index in [1.165, 1.54) is 16.4 Å². The SMILES string of the molecule is COc1cccc(NC(=O)[C@@H]2CCCN(S(=O)(=O)c3cc(-c4noc(C)n4)ccc3Cl)C2)c1. The summed E-state index contributed by atoms with van der Waals surface area (Å²) < 4.78 is 38.3. The molecule has 9 nitrogen and oxygen atoms in total. The minimum atomic E-state index is -3.95. The number of hydrogen-bond acceptors (Lipinski definition) is 7. The molecule has 1 N–H and O–H groups in total. The minimum absolute atomic E-state index is 0.0556. The fourth-order valence-corrected chi connectivity index (χ4v) is 5.74. The van der Waals surface area contributed by atoms with Gasteiger partial charge in [0.15, 0.2) is 0 Å². The molecule has 2 heterocycles. The molecular formula is C22H23ClN4O5S. The molecule has 33 heavy (non-hydrogen) atoms. The molecule has 1 aromatic heterocycles. The highest BCUT2D eigenvalue weighted by molar-refractivity contribution is 7.89. The number of anilines is 1. The number of aromatic nitrogens is 2. The maximum Gasteiger partial charge on any atom is 0.244 e. The van der Waals surface area contributed by atoms with Gasteiger partial charge in [-0.25, -0.2) is 8.42 Å². The number of carbonyl (C=O) groups excluding carboxylic acids is 1. The first-order valence-electron chi connectivity index (χ1n) is 10.3. The van der Waals surface area contributed by atoms with Crippen LogP contribution in [0.4, 0.5) is 5.69 Å². The molecule has 4 rings (SSSR count). The highest BCUT2D eigenvalue weighted by Gasteiger charge is 2.34. The summed E-state index contributed by atoms with van der Waals surface area (Å²) in [5, 5.41) is 6.77. The van der Waals surface area contributed by atoms with Crippen molar-refractivity contribution in [3.05, 3.63) is 53.4 Å². The van der Waals surface area contributed by atoms with Crippen LogP contribution >= 0.6 is 11.6 Å². The van der Waals surface area contributed by atoms with Crippen LogP contribution in [0.3, 0.4) is 0 Å². The highest BCUT2D eigenvalue weighted by Crippen LogP contribution is 2.32. The number of aryl methyl sites for hydroxylation is 1. The molecule has 0 aliphatic carbocycles. The van der Waals surface area contributed by atoms with Crippen molar-refractivity contribution in [2.45, 2.75) is 24.7 Å². The lowest BCUT2D eigenvalue weighted by molar-refractivity contribution is -0.120. The molecule has 0 unspecified atom stereocenters. The average Bonchev–Trinajstić information content (AvgIpc) is 3.25. The summed E-state index contributed by atoms with van der Waals surface area (Å²) in [4.78, 5) is 16.9. The van der Waals surface area contributed by atoms with E-state index in [1.807, 2.05) is 0 Å². The number of benzene rings is 2. The molecule has 1 saturated heterocycles. The van der Waals surface area contributed by atoms with E-state index in [0.29, 0.717) is 42.3 Å². The topological polar surface area (TPSA) is 115 Å². The monoisotopic (exact) mass is 490 g/mol. The third-order valence-corrected chi connectivity index (χ3v) is 7.77. The molecule has 3 aromatic rings. The molecule has 1 fully saturated rings. The highest BCUT2D eigenvalue weighted by atomic mass is 35.5. The Balaban J connectivity index is 1.54. The van der Waals surface area contributed by atoms with Gasteiger partial charge in [0.2, 0.25) is 27.6 Å². The fourth-order valence-electron chi connectivity index (χ4n) is 3.72. The van der Waals surface area contributed by atoms with Crippen molar-refractivity contribution in [1.82, 2.24) is 14.4 Å². The number of amides is 1. The number of ether oxygens (including phenoxy) is 1. The summed E-state index contributed by atoms with van der Waals surface area (Å²) in [6.45, 7) is 2.00. The average molecular weight is 491 g/mol. The van der Waals surface area contributed by atoms with E-state index in [0.717, 1.165) is 0 Å². The van der Waals surface area contributed by atoms with E-state index in [4.69, 9.17) is 20.9 Å². The molecule has 1 aliphatic rings. The molecule has 174 valence electrons. The van der Waals surface area contributed by atoms with Crippen LogP contribution in [0.25, 0.3) is 11.4 Å². The molecule has 0 radical (unpaired) electrons. The van der Waals surface area contributed by atoms with E-state index in [1.54, 1.807) is 44.4 Å². The number of rotatable bonds is 6. The van der Waals surface area contributed by atoms with Crippen LogP contribution in [-0.2, 0) is 14.8 Å². The number of nitrogens with zero attached hydrogens (tertiary/aromatic N) is 3. The van der Waals surface area contributed by atoms with Crippen LogP contribution in [0.5, 0.6) is 5.75 Å². The molecular weight excluding hydrogens is 468 g/mol. The summed E-state index contributed by atoms with van der Waals surface area (Å²) in [6, 6.07) is 11.6. The Hall–Kier alpha value is -2.95. The van der Waals surface area contributed by atoms with Crippen molar-refractivity contribution in [3.63, 3.8) is 0 Å². The lowest BCUT2D eigenvalue weighted by Crippen LogP contribution is -2.43. The maximum absolute atomic E-state index is 13.4. The lowest BCUT2D eigenvalue weighted by atomic mass is 9.98. The first-order chi connectivity index (χ1) is 15.8.